The molecule has 1 amide bonds. The fraction of sp³-hybridized carbons (Fsp3) is 0.615. The van der Waals surface area contributed by atoms with Crippen molar-refractivity contribution in [1.82, 2.24) is 4.90 Å². The van der Waals surface area contributed by atoms with E-state index in [0.29, 0.717) is 23.9 Å². The second-order valence-corrected chi connectivity index (χ2v) is 4.70. The molecule has 1 aliphatic carbocycles. The molecule has 0 spiro atoms. The van der Waals surface area contributed by atoms with Gasteiger partial charge in [-0.15, -0.1) is 0 Å². The van der Waals surface area contributed by atoms with Crippen LogP contribution in [0.4, 0.5) is 0 Å². The van der Waals surface area contributed by atoms with Gasteiger partial charge in [0.1, 0.15) is 11.5 Å². The largest absolute Gasteiger partial charge is 0.466 e. The van der Waals surface area contributed by atoms with Crippen molar-refractivity contribution in [3.8, 4) is 0 Å². The first-order valence-electron chi connectivity index (χ1n) is 6.21. The van der Waals surface area contributed by atoms with Crippen LogP contribution in [0.15, 0.2) is 10.5 Å². The third kappa shape index (κ3) is 2.69. The third-order valence-corrected chi connectivity index (χ3v) is 3.12. The van der Waals surface area contributed by atoms with Crippen molar-refractivity contribution in [3.05, 3.63) is 23.2 Å². The number of amides is 1. The highest BCUT2D eigenvalue weighted by molar-refractivity contribution is 5.95. The van der Waals surface area contributed by atoms with E-state index in [4.69, 9.17) is 10.2 Å². The fourth-order valence-electron chi connectivity index (χ4n) is 2.10. The number of nitrogens with two attached hydrogens (primary N) is 1. The van der Waals surface area contributed by atoms with Crippen molar-refractivity contribution in [3.63, 3.8) is 0 Å². The van der Waals surface area contributed by atoms with Crippen LogP contribution in [0, 0.1) is 13.8 Å². The Morgan fingerprint density at radius 1 is 1.53 bits per heavy atom. The predicted octanol–water partition coefficient (Wildman–Crippen LogP) is 1.85. The van der Waals surface area contributed by atoms with Gasteiger partial charge < -0.3 is 15.1 Å². The summed E-state index contributed by atoms with van der Waals surface area (Å²) in [6.45, 7) is 5.09. The van der Waals surface area contributed by atoms with Gasteiger partial charge in [-0.25, -0.2) is 0 Å². The molecule has 1 heterocycles. The molecule has 0 saturated heterocycles. The topological polar surface area (TPSA) is 59.5 Å². The van der Waals surface area contributed by atoms with Crippen molar-refractivity contribution in [2.45, 2.75) is 39.2 Å². The zero-order chi connectivity index (χ0) is 12.4. The standard InChI is InChI=1S/C13H20N2O2/c1-9-8-12(10(2)17-9)13(16)15(7-3-6-14)11-4-5-11/h8,11H,3-7,14H2,1-2H3. The Morgan fingerprint density at radius 2 is 2.24 bits per heavy atom. The first-order chi connectivity index (χ1) is 8.13. The summed E-state index contributed by atoms with van der Waals surface area (Å²) in [4.78, 5) is 14.3. The minimum atomic E-state index is 0.0929. The second kappa shape index (κ2) is 4.92. The molecule has 1 saturated carbocycles. The summed E-state index contributed by atoms with van der Waals surface area (Å²) < 4.78 is 5.42. The van der Waals surface area contributed by atoms with E-state index >= 15 is 0 Å². The number of carbonyl (C=O) groups is 1. The van der Waals surface area contributed by atoms with Crippen molar-refractivity contribution < 1.29 is 9.21 Å². The lowest BCUT2D eigenvalue weighted by Gasteiger charge is -2.21. The van der Waals surface area contributed by atoms with Gasteiger partial charge in [0.25, 0.3) is 5.91 Å². The van der Waals surface area contributed by atoms with Gasteiger partial charge in [-0.05, 0) is 45.7 Å². The molecule has 4 nitrogen and oxygen atoms in total. The monoisotopic (exact) mass is 236 g/mol. The van der Waals surface area contributed by atoms with Crippen LogP contribution in [0.25, 0.3) is 0 Å². The van der Waals surface area contributed by atoms with Gasteiger partial charge in [-0.1, -0.05) is 0 Å². The zero-order valence-electron chi connectivity index (χ0n) is 10.5. The molecular weight excluding hydrogens is 216 g/mol. The number of carbonyl (C=O) groups excluding carboxylic acids is 1. The summed E-state index contributed by atoms with van der Waals surface area (Å²) in [5.41, 5.74) is 6.21. The van der Waals surface area contributed by atoms with Crippen LogP contribution in [0.1, 0.15) is 41.1 Å². The molecule has 0 unspecified atom stereocenters. The summed E-state index contributed by atoms with van der Waals surface area (Å²) in [6, 6.07) is 2.25. The lowest BCUT2D eigenvalue weighted by molar-refractivity contribution is 0.0740. The number of hydrogen-bond donors (Lipinski definition) is 1. The average molecular weight is 236 g/mol. The van der Waals surface area contributed by atoms with Crippen LogP contribution in [0.2, 0.25) is 0 Å². The van der Waals surface area contributed by atoms with Gasteiger partial charge in [0.05, 0.1) is 5.56 Å². The summed E-state index contributed by atoms with van der Waals surface area (Å²) >= 11 is 0. The molecule has 0 radical (unpaired) electrons. The highest BCUT2D eigenvalue weighted by Crippen LogP contribution is 2.29. The van der Waals surface area contributed by atoms with Gasteiger partial charge in [0.15, 0.2) is 0 Å². The highest BCUT2D eigenvalue weighted by Gasteiger charge is 2.33. The van der Waals surface area contributed by atoms with Crippen molar-refractivity contribution >= 4 is 5.91 Å². The molecule has 17 heavy (non-hydrogen) atoms. The number of aryl methyl sites for hydroxylation is 2. The van der Waals surface area contributed by atoms with E-state index in [-0.39, 0.29) is 5.91 Å². The molecular formula is C13H20N2O2. The Labute approximate surface area is 102 Å². The van der Waals surface area contributed by atoms with Gasteiger partial charge >= 0.3 is 0 Å². The van der Waals surface area contributed by atoms with Crippen LogP contribution < -0.4 is 5.73 Å². The first kappa shape index (κ1) is 12.2. The molecule has 1 fully saturated rings. The highest BCUT2D eigenvalue weighted by atomic mass is 16.3. The van der Waals surface area contributed by atoms with Gasteiger partial charge in [0, 0.05) is 12.6 Å². The maximum Gasteiger partial charge on any atom is 0.257 e. The maximum atomic E-state index is 12.4. The Balaban J connectivity index is 2.12. The van der Waals surface area contributed by atoms with Crippen LogP contribution in [-0.2, 0) is 0 Å². The molecule has 2 rings (SSSR count). The van der Waals surface area contributed by atoms with E-state index in [1.165, 1.54) is 0 Å². The minimum Gasteiger partial charge on any atom is -0.466 e. The van der Waals surface area contributed by atoms with Gasteiger partial charge in [-0.2, -0.15) is 0 Å². The molecule has 2 N–H and O–H groups in total. The first-order valence-corrected chi connectivity index (χ1v) is 6.21. The lowest BCUT2D eigenvalue weighted by Crippen LogP contribution is -2.35. The molecule has 0 aliphatic heterocycles. The smallest absolute Gasteiger partial charge is 0.257 e. The molecule has 0 atom stereocenters. The van der Waals surface area contributed by atoms with Crippen molar-refractivity contribution in [2.24, 2.45) is 5.73 Å². The summed E-state index contributed by atoms with van der Waals surface area (Å²) in [6.07, 6.45) is 3.09. The predicted molar refractivity (Wildman–Crippen MR) is 65.9 cm³/mol. The Kier molecular flexibility index (Phi) is 3.52. The molecule has 1 aromatic heterocycles. The van der Waals surface area contributed by atoms with Crippen molar-refractivity contribution in [1.29, 1.82) is 0 Å². The van der Waals surface area contributed by atoms with Gasteiger partial charge in [0.2, 0.25) is 0 Å². The molecule has 1 aromatic rings. The Hall–Kier alpha value is -1.29. The second-order valence-electron chi connectivity index (χ2n) is 4.70. The van der Waals surface area contributed by atoms with Crippen LogP contribution >= 0.6 is 0 Å². The van der Waals surface area contributed by atoms with E-state index < -0.39 is 0 Å². The molecule has 0 aromatic carbocycles. The average Bonchev–Trinajstić information content (AvgIpc) is 3.05. The molecule has 94 valence electrons. The van der Waals surface area contributed by atoms with Gasteiger partial charge in [-0.3, -0.25) is 4.79 Å². The third-order valence-electron chi connectivity index (χ3n) is 3.12. The number of furan rings is 1. The van der Waals surface area contributed by atoms with Crippen molar-refractivity contribution in [2.75, 3.05) is 13.1 Å². The maximum absolute atomic E-state index is 12.4. The Morgan fingerprint density at radius 3 is 2.71 bits per heavy atom. The molecule has 1 aliphatic rings. The summed E-state index contributed by atoms with van der Waals surface area (Å²) in [5, 5.41) is 0. The van der Waals surface area contributed by atoms with Crippen LogP contribution in [-0.4, -0.2) is 29.9 Å². The summed E-state index contributed by atoms with van der Waals surface area (Å²) in [7, 11) is 0. The van der Waals surface area contributed by atoms with E-state index in [0.717, 1.165) is 31.6 Å². The number of hydrogen-bond acceptors (Lipinski definition) is 3. The number of rotatable bonds is 5. The Bertz CT molecular complexity index is 408. The summed E-state index contributed by atoms with van der Waals surface area (Å²) in [5.74, 6) is 1.60. The SMILES string of the molecule is Cc1cc(C(=O)N(CCCN)C2CC2)c(C)o1. The van der Waals surface area contributed by atoms with E-state index in [1.807, 2.05) is 24.8 Å². The lowest BCUT2D eigenvalue weighted by atomic mass is 10.2. The quantitative estimate of drug-likeness (QED) is 0.848. The normalized spacial score (nSPS) is 15.0. The van der Waals surface area contributed by atoms with E-state index in [9.17, 15) is 4.79 Å². The van der Waals surface area contributed by atoms with E-state index in [2.05, 4.69) is 0 Å². The van der Waals surface area contributed by atoms with E-state index in [1.54, 1.807) is 0 Å². The fourth-order valence-corrected chi connectivity index (χ4v) is 2.10. The van der Waals surface area contributed by atoms with Crippen LogP contribution in [0.5, 0.6) is 0 Å². The van der Waals surface area contributed by atoms with Crippen LogP contribution in [0.3, 0.4) is 0 Å². The number of nitrogens with zero attached hydrogens (tertiary/aromatic N) is 1. The molecule has 4 heteroatoms. The minimum absolute atomic E-state index is 0.0929. The zero-order valence-corrected chi connectivity index (χ0v) is 10.5. The molecule has 0 bridgehead atoms.